The molecule has 20 heavy (non-hydrogen) atoms. The van der Waals surface area contributed by atoms with Crippen molar-refractivity contribution < 1.29 is 13.9 Å². The Bertz CT molecular complexity index is 595. The number of furan rings is 1. The van der Waals surface area contributed by atoms with E-state index in [1.807, 2.05) is 30.3 Å². The van der Waals surface area contributed by atoms with Gasteiger partial charge in [-0.15, -0.1) is 11.8 Å². The van der Waals surface area contributed by atoms with Crippen molar-refractivity contribution in [2.45, 2.75) is 5.75 Å². The van der Waals surface area contributed by atoms with Crippen LogP contribution < -0.4 is 10.1 Å². The number of hydrogen-bond donors (Lipinski definition) is 1. The van der Waals surface area contributed by atoms with Crippen LogP contribution in [0.2, 0.25) is 0 Å². The molecule has 0 radical (unpaired) electrons. The van der Waals surface area contributed by atoms with Crippen LogP contribution in [0, 0.1) is 0 Å². The molecular formula is C15H15NO3S. The van der Waals surface area contributed by atoms with Gasteiger partial charge in [0.25, 0.3) is 0 Å². The largest absolute Gasteiger partial charge is 0.490 e. The zero-order valence-corrected chi connectivity index (χ0v) is 11.7. The first-order chi connectivity index (χ1) is 9.83. The maximum absolute atomic E-state index is 12.1. The van der Waals surface area contributed by atoms with Crippen LogP contribution in [0.15, 0.2) is 41.0 Å². The molecule has 1 aromatic heterocycles. The molecule has 5 heteroatoms. The molecule has 0 bridgehead atoms. The first-order valence-corrected chi connectivity index (χ1v) is 7.62. The van der Waals surface area contributed by atoms with Gasteiger partial charge in [-0.25, -0.2) is 0 Å². The Labute approximate surface area is 121 Å². The minimum absolute atomic E-state index is 0.122. The van der Waals surface area contributed by atoms with Gasteiger partial charge in [0.2, 0.25) is 0 Å². The van der Waals surface area contributed by atoms with Crippen LogP contribution in [0.5, 0.6) is 5.75 Å². The Balaban J connectivity index is 1.59. The molecule has 0 fully saturated rings. The molecule has 0 amide bonds. The Morgan fingerprint density at radius 3 is 3.15 bits per heavy atom. The van der Waals surface area contributed by atoms with E-state index in [2.05, 4.69) is 5.32 Å². The quantitative estimate of drug-likeness (QED) is 0.857. The number of carbonyl (C=O) groups excluding carboxylic acids is 1. The second-order valence-electron chi connectivity index (χ2n) is 4.48. The molecule has 1 aromatic carbocycles. The van der Waals surface area contributed by atoms with Crippen LogP contribution in [0.4, 0.5) is 5.69 Å². The van der Waals surface area contributed by atoms with Crippen molar-refractivity contribution in [2.24, 2.45) is 0 Å². The summed E-state index contributed by atoms with van der Waals surface area (Å²) >= 11 is 1.56. The SMILES string of the molecule is O=C(CSCc1ccco1)c1ccc2c(c1)NCCO2. The van der Waals surface area contributed by atoms with Crippen molar-refractivity contribution >= 4 is 23.2 Å². The fourth-order valence-electron chi connectivity index (χ4n) is 2.04. The van der Waals surface area contributed by atoms with Crippen molar-refractivity contribution in [3.05, 3.63) is 47.9 Å². The number of nitrogens with one attached hydrogen (secondary N) is 1. The van der Waals surface area contributed by atoms with Crippen molar-refractivity contribution in [3.63, 3.8) is 0 Å². The highest BCUT2D eigenvalue weighted by molar-refractivity contribution is 7.99. The molecule has 1 aliphatic heterocycles. The lowest BCUT2D eigenvalue weighted by molar-refractivity contribution is 0.102. The average Bonchev–Trinajstić information content (AvgIpc) is 3.00. The van der Waals surface area contributed by atoms with Gasteiger partial charge in [0.05, 0.1) is 23.5 Å². The summed E-state index contributed by atoms with van der Waals surface area (Å²) in [4.78, 5) is 12.1. The van der Waals surface area contributed by atoms with Gasteiger partial charge in [0, 0.05) is 12.1 Å². The Hall–Kier alpha value is -1.88. The number of benzene rings is 1. The fraction of sp³-hybridized carbons (Fsp3) is 0.267. The summed E-state index contributed by atoms with van der Waals surface area (Å²) in [6.07, 6.45) is 1.65. The third kappa shape index (κ3) is 2.99. The summed E-state index contributed by atoms with van der Waals surface area (Å²) in [6.45, 7) is 1.44. The van der Waals surface area contributed by atoms with Gasteiger partial charge in [-0.05, 0) is 30.3 Å². The van der Waals surface area contributed by atoms with E-state index in [1.54, 1.807) is 18.0 Å². The molecule has 0 atom stereocenters. The number of rotatable bonds is 5. The van der Waals surface area contributed by atoms with E-state index in [0.29, 0.717) is 23.7 Å². The first-order valence-electron chi connectivity index (χ1n) is 6.47. The molecular weight excluding hydrogens is 274 g/mol. The molecule has 1 N–H and O–H groups in total. The molecule has 0 unspecified atom stereocenters. The van der Waals surface area contributed by atoms with Crippen molar-refractivity contribution in [1.29, 1.82) is 0 Å². The summed E-state index contributed by atoms with van der Waals surface area (Å²) in [6, 6.07) is 9.31. The summed E-state index contributed by atoms with van der Waals surface area (Å²) in [5.41, 5.74) is 1.62. The van der Waals surface area contributed by atoms with Crippen LogP contribution >= 0.6 is 11.8 Å². The average molecular weight is 289 g/mol. The lowest BCUT2D eigenvalue weighted by atomic mass is 10.1. The van der Waals surface area contributed by atoms with Gasteiger partial charge >= 0.3 is 0 Å². The van der Waals surface area contributed by atoms with Gasteiger partial charge in [0.15, 0.2) is 5.78 Å². The number of thioether (sulfide) groups is 1. The smallest absolute Gasteiger partial charge is 0.172 e. The van der Waals surface area contributed by atoms with E-state index in [1.165, 1.54) is 0 Å². The summed E-state index contributed by atoms with van der Waals surface area (Å²) in [7, 11) is 0. The fourth-order valence-corrected chi connectivity index (χ4v) is 2.86. The van der Waals surface area contributed by atoms with Crippen molar-refractivity contribution in [1.82, 2.24) is 0 Å². The highest BCUT2D eigenvalue weighted by atomic mass is 32.2. The predicted octanol–water partition coefficient (Wildman–Crippen LogP) is 3.20. The molecule has 2 aromatic rings. The van der Waals surface area contributed by atoms with Gasteiger partial charge in [0.1, 0.15) is 18.1 Å². The molecule has 0 saturated heterocycles. The molecule has 2 heterocycles. The Morgan fingerprint density at radius 2 is 2.30 bits per heavy atom. The van der Waals surface area contributed by atoms with Crippen LogP contribution in [-0.4, -0.2) is 24.7 Å². The van der Waals surface area contributed by atoms with E-state index < -0.39 is 0 Å². The second kappa shape index (κ2) is 6.05. The molecule has 0 saturated carbocycles. The zero-order chi connectivity index (χ0) is 13.8. The number of ketones is 1. The van der Waals surface area contributed by atoms with Crippen LogP contribution in [-0.2, 0) is 5.75 Å². The third-order valence-corrected chi connectivity index (χ3v) is 3.99. The normalized spacial score (nSPS) is 13.2. The lowest BCUT2D eigenvalue weighted by Gasteiger charge is -2.19. The second-order valence-corrected chi connectivity index (χ2v) is 5.47. The highest BCUT2D eigenvalue weighted by Crippen LogP contribution is 2.28. The van der Waals surface area contributed by atoms with E-state index in [4.69, 9.17) is 9.15 Å². The topological polar surface area (TPSA) is 51.5 Å². The third-order valence-electron chi connectivity index (χ3n) is 3.03. The van der Waals surface area contributed by atoms with E-state index in [0.717, 1.165) is 23.7 Å². The highest BCUT2D eigenvalue weighted by Gasteiger charge is 2.13. The van der Waals surface area contributed by atoms with Crippen LogP contribution in [0.1, 0.15) is 16.1 Å². The predicted molar refractivity (Wildman–Crippen MR) is 79.6 cm³/mol. The number of Topliss-reactive ketones (excluding diaryl/α,β-unsaturated/α-hetero) is 1. The molecule has 3 rings (SSSR count). The molecule has 0 spiro atoms. The molecule has 1 aliphatic rings. The maximum Gasteiger partial charge on any atom is 0.172 e. The van der Waals surface area contributed by atoms with Crippen molar-refractivity contribution in [3.8, 4) is 5.75 Å². The van der Waals surface area contributed by atoms with Gasteiger partial charge in [-0.2, -0.15) is 0 Å². The van der Waals surface area contributed by atoms with Gasteiger partial charge in [-0.1, -0.05) is 0 Å². The lowest BCUT2D eigenvalue weighted by Crippen LogP contribution is -2.18. The van der Waals surface area contributed by atoms with E-state index in [9.17, 15) is 4.79 Å². The Morgan fingerprint density at radius 1 is 1.35 bits per heavy atom. The summed E-state index contributed by atoms with van der Waals surface area (Å²) in [5, 5.41) is 3.24. The maximum atomic E-state index is 12.1. The van der Waals surface area contributed by atoms with Crippen molar-refractivity contribution in [2.75, 3.05) is 24.2 Å². The van der Waals surface area contributed by atoms with Gasteiger partial charge < -0.3 is 14.5 Å². The summed E-state index contributed by atoms with van der Waals surface area (Å²) in [5.74, 6) is 2.99. The van der Waals surface area contributed by atoms with Gasteiger partial charge in [-0.3, -0.25) is 4.79 Å². The Kier molecular flexibility index (Phi) is 3.97. The number of carbonyl (C=O) groups is 1. The van der Waals surface area contributed by atoms with Crippen LogP contribution in [0.3, 0.4) is 0 Å². The zero-order valence-electron chi connectivity index (χ0n) is 10.9. The minimum Gasteiger partial charge on any atom is -0.490 e. The minimum atomic E-state index is 0.122. The number of ether oxygens (including phenoxy) is 1. The monoisotopic (exact) mass is 289 g/mol. The number of hydrogen-bond acceptors (Lipinski definition) is 5. The molecule has 4 nitrogen and oxygen atoms in total. The molecule has 104 valence electrons. The summed E-state index contributed by atoms with van der Waals surface area (Å²) < 4.78 is 10.7. The number of anilines is 1. The first kappa shape index (κ1) is 13.1. The number of fused-ring (bicyclic) bond motifs is 1. The standard InChI is InChI=1S/C15H15NO3S/c17-14(10-20-9-12-2-1-6-18-12)11-3-4-15-13(8-11)16-5-7-19-15/h1-4,6,8,16H,5,7,9-10H2. The van der Waals surface area contributed by atoms with E-state index >= 15 is 0 Å². The molecule has 0 aliphatic carbocycles. The van der Waals surface area contributed by atoms with Crippen LogP contribution in [0.25, 0.3) is 0 Å². The van der Waals surface area contributed by atoms with E-state index in [-0.39, 0.29) is 5.78 Å².